The number of benzene rings is 4. The Hall–Kier alpha value is -6.55. The van der Waals surface area contributed by atoms with E-state index >= 15 is 0 Å². The molecule has 1 aromatic heterocycles. The quantitative estimate of drug-likeness (QED) is 0.0544. The minimum atomic E-state index is -4.62. The van der Waals surface area contributed by atoms with Crippen molar-refractivity contribution in [3.63, 3.8) is 0 Å². The molecule has 17 heteroatoms. The number of nitrogens with zero attached hydrogens (tertiary/aromatic N) is 3. The molecule has 0 aliphatic heterocycles. The lowest BCUT2D eigenvalue weighted by molar-refractivity contribution is -0.154. The minimum absolute atomic E-state index is 0.000405. The number of ether oxygens (including phenoxy) is 1. The Bertz CT molecular complexity index is 2290. The number of carbonyl (C=O) groups excluding carboxylic acids is 4. The summed E-state index contributed by atoms with van der Waals surface area (Å²) in [5.74, 6) is -2.55. The molecule has 4 aromatic carbocycles. The summed E-state index contributed by atoms with van der Waals surface area (Å²) in [5, 5.41) is 14.6. The molecule has 0 unspecified atom stereocenters. The Morgan fingerprint density at radius 3 is 2.05 bits per heavy atom. The van der Waals surface area contributed by atoms with Gasteiger partial charge in [0.1, 0.15) is 0 Å². The lowest BCUT2D eigenvalue weighted by Crippen LogP contribution is -2.44. The highest BCUT2D eigenvalue weighted by Gasteiger charge is 2.45. The molecule has 0 atom stereocenters. The summed E-state index contributed by atoms with van der Waals surface area (Å²) < 4.78 is 43.8. The van der Waals surface area contributed by atoms with Crippen LogP contribution in [0.4, 0.5) is 36.4 Å². The van der Waals surface area contributed by atoms with Crippen LogP contribution in [0, 0.1) is 5.41 Å². The number of ketones is 1. The first-order valence-electron chi connectivity index (χ1n) is 18.0. The van der Waals surface area contributed by atoms with E-state index < -0.39 is 47.5 Å². The summed E-state index contributed by atoms with van der Waals surface area (Å²) in [6.07, 6.45) is -3.17. The molecule has 1 fully saturated rings. The number of anilines is 4. The molecule has 13 nitrogen and oxygen atoms in total. The van der Waals surface area contributed by atoms with Gasteiger partial charge < -0.3 is 31.3 Å². The van der Waals surface area contributed by atoms with E-state index in [1.54, 1.807) is 86.6 Å². The second kappa shape index (κ2) is 17.3. The highest BCUT2D eigenvalue weighted by molar-refractivity contribution is 6.39. The maximum absolute atomic E-state index is 13.0. The summed E-state index contributed by atoms with van der Waals surface area (Å²) in [4.78, 5) is 63.5. The number of hydrogen-bond donors (Lipinski definition) is 5. The number of nitrogens with one attached hydrogen (secondary N) is 5. The first-order valence-corrected chi connectivity index (χ1v) is 18.4. The van der Waals surface area contributed by atoms with Crippen LogP contribution in [0.15, 0.2) is 103 Å². The van der Waals surface area contributed by atoms with Crippen molar-refractivity contribution in [1.29, 1.82) is 0 Å². The highest BCUT2D eigenvalue weighted by Crippen LogP contribution is 2.48. The van der Waals surface area contributed by atoms with Crippen LogP contribution in [0.1, 0.15) is 58.5 Å². The van der Waals surface area contributed by atoms with E-state index in [1.807, 2.05) is 12.1 Å². The van der Waals surface area contributed by atoms with Gasteiger partial charge in [0.25, 0.3) is 5.91 Å². The van der Waals surface area contributed by atoms with Crippen LogP contribution in [0.5, 0.6) is 6.01 Å². The van der Waals surface area contributed by atoms with Crippen LogP contribution >= 0.6 is 11.6 Å². The summed E-state index contributed by atoms with van der Waals surface area (Å²) >= 11 is 6.04. The molecule has 3 amide bonds. The highest BCUT2D eigenvalue weighted by atomic mass is 35.5. The monoisotopic (exact) mass is 814 g/mol. The summed E-state index contributed by atoms with van der Waals surface area (Å²) in [6.45, 7) is 2.17. The predicted octanol–water partition coefficient (Wildman–Crippen LogP) is 7.05. The van der Waals surface area contributed by atoms with Gasteiger partial charge in [-0.1, -0.05) is 80.0 Å². The molecule has 5 N–H and O–H groups in total. The Labute approximate surface area is 336 Å². The maximum Gasteiger partial charge on any atom is 0.422 e. The van der Waals surface area contributed by atoms with Gasteiger partial charge in [0.15, 0.2) is 12.4 Å². The molecular weight excluding hydrogens is 777 g/mol. The molecule has 1 aliphatic rings. The fraction of sp³-hybridized carbons (Fsp3) is 0.244. The first kappa shape index (κ1) is 41.1. The number of alkyl halides is 3. The normalized spacial score (nSPS) is 13.1. The molecule has 6 rings (SSSR count). The van der Waals surface area contributed by atoms with Gasteiger partial charge in [-0.05, 0) is 72.4 Å². The maximum atomic E-state index is 13.0. The molecule has 1 heterocycles. The minimum Gasteiger partial charge on any atom is -0.454 e. The van der Waals surface area contributed by atoms with Gasteiger partial charge >= 0.3 is 24.0 Å². The average Bonchev–Trinajstić information content (AvgIpc) is 3.98. The SMILES string of the molecule is CC(C)(CNC(=O)C(=O)Nc1cccc(C(=O)c2ccccc2)c1)CNC(=O)c1ccc(Nc2nc(NC3(c4ccc(Cl)cc4)CC3)nc(OCC(F)(F)F)n2)cc1. The predicted molar refractivity (Wildman–Crippen MR) is 211 cm³/mol. The zero-order valence-electron chi connectivity index (χ0n) is 31.2. The van der Waals surface area contributed by atoms with E-state index in [0.29, 0.717) is 27.4 Å². The molecule has 0 saturated heterocycles. The van der Waals surface area contributed by atoms with Gasteiger partial charge in [-0.3, -0.25) is 19.2 Å². The second-order valence-electron chi connectivity index (χ2n) is 14.3. The van der Waals surface area contributed by atoms with Crippen molar-refractivity contribution in [2.75, 3.05) is 35.6 Å². The van der Waals surface area contributed by atoms with Crippen molar-refractivity contribution in [3.8, 4) is 6.01 Å². The summed E-state index contributed by atoms with van der Waals surface area (Å²) in [7, 11) is 0. The molecule has 0 spiro atoms. The van der Waals surface area contributed by atoms with Crippen LogP contribution in [0.3, 0.4) is 0 Å². The number of rotatable bonds is 15. The average molecular weight is 815 g/mol. The van der Waals surface area contributed by atoms with Crippen molar-refractivity contribution < 1.29 is 37.1 Å². The van der Waals surface area contributed by atoms with E-state index in [4.69, 9.17) is 16.3 Å². The van der Waals surface area contributed by atoms with Crippen LogP contribution in [0.25, 0.3) is 0 Å². The summed E-state index contributed by atoms with van der Waals surface area (Å²) in [6, 6.07) is 27.8. The van der Waals surface area contributed by atoms with Crippen molar-refractivity contribution in [1.82, 2.24) is 25.6 Å². The molecule has 58 heavy (non-hydrogen) atoms. The zero-order chi connectivity index (χ0) is 41.5. The van der Waals surface area contributed by atoms with Crippen LogP contribution in [0.2, 0.25) is 5.02 Å². The third-order valence-corrected chi connectivity index (χ3v) is 9.21. The molecule has 300 valence electrons. The van der Waals surface area contributed by atoms with E-state index in [9.17, 15) is 32.3 Å². The Kier molecular flexibility index (Phi) is 12.3. The summed E-state index contributed by atoms with van der Waals surface area (Å²) in [5.41, 5.74) is 1.54. The van der Waals surface area contributed by atoms with E-state index in [-0.39, 0.29) is 36.5 Å². The largest absolute Gasteiger partial charge is 0.454 e. The van der Waals surface area contributed by atoms with E-state index in [2.05, 4.69) is 41.5 Å². The topological polar surface area (TPSA) is 176 Å². The van der Waals surface area contributed by atoms with Crippen LogP contribution in [-0.4, -0.2) is 64.3 Å². The Balaban J connectivity index is 1.01. The van der Waals surface area contributed by atoms with Gasteiger partial charge in [0.2, 0.25) is 11.9 Å². The molecule has 0 bridgehead atoms. The van der Waals surface area contributed by atoms with Gasteiger partial charge in [-0.15, -0.1) is 0 Å². The van der Waals surface area contributed by atoms with Crippen molar-refractivity contribution in [2.24, 2.45) is 5.41 Å². The van der Waals surface area contributed by atoms with Crippen LogP contribution in [-0.2, 0) is 15.1 Å². The number of hydrogen-bond acceptors (Lipinski definition) is 10. The number of halogens is 4. The number of amides is 3. The fourth-order valence-corrected chi connectivity index (χ4v) is 5.80. The first-order chi connectivity index (χ1) is 27.6. The third kappa shape index (κ3) is 11.3. The van der Waals surface area contributed by atoms with Crippen LogP contribution < -0.4 is 31.3 Å². The third-order valence-electron chi connectivity index (χ3n) is 8.96. The number of aromatic nitrogens is 3. The Morgan fingerprint density at radius 1 is 0.724 bits per heavy atom. The van der Waals surface area contributed by atoms with Gasteiger partial charge in [-0.25, -0.2) is 0 Å². The second-order valence-corrected chi connectivity index (χ2v) is 14.8. The Morgan fingerprint density at radius 2 is 1.38 bits per heavy atom. The molecule has 1 aliphatic carbocycles. The fourth-order valence-electron chi connectivity index (χ4n) is 5.67. The van der Waals surface area contributed by atoms with Crippen molar-refractivity contribution in [3.05, 3.63) is 130 Å². The standard InChI is InChI=1S/C41H38ClF3N8O5/c1-39(2,23-47-34(56)35(57)48-31-10-6-9-27(21-31)32(54)25-7-4-3-5-8-25)22-46-33(55)26-11-17-30(18-12-26)49-36-50-37(52-38(51-36)58-24-41(43,44)45)53-40(19-20-40)28-13-15-29(42)16-14-28/h3-18,21H,19-20,22-24H2,1-2H3,(H,46,55)(H,47,56)(H,48,57)(H2,49,50,51,52,53). The molecule has 1 saturated carbocycles. The molecule has 5 aromatic rings. The van der Waals surface area contributed by atoms with E-state index in [1.165, 1.54) is 18.2 Å². The number of carbonyl (C=O) groups is 4. The van der Waals surface area contributed by atoms with Gasteiger partial charge in [0, 0.05) is 46.2 Å². The van der Waals surface area contributed by atoms with Crippen molar-refractivity contribution >= 4 is 58.4 Å². The lowest BCUT2D eigenvalue weighted by Gasteiger charge is -2.25. The van der Waals surface area contributed by atoms with Gasteiger partial charge in [-0.2, -0.15) is 28.1 Å². The van der Waals surface area contributed by atoms with Crippen molar-refractivity contribution in [2.45, 2.75) is 38.4 Å². The van der Waals surface area contributed by atoms with E-state index in [0.717, 1.165) is 18.4 Å². The smallest absolute Gasteiger partial charge is 0.422 e. The zero-order valence-corrected chi connectivity index (χ0v) is 32.0. The van der Waals surface area contributed by atoms with Gasteiger partial charge in [0.05, 0.1) is 5.54 Å². The lowest BCUT2D eigenvalue weighted by atomic mass is 9.93. The molecule has 0 radical (unpaired) electrons. The molecular formula is C41H38ClF3N8O5.